The van der Waals surface area contributed by atoms with E-state index < -0.39 is 0 Å². The molecule has 0 aliphatic heterocycles. The molecule has 2 N–H and O–H groups in total. The zero-order chi connectivity index (χ0) is 10.8. The second-order valence-corrected chi connectivity index (χ2v) is 3.30. The summed E-state index contributed by atoms with van der Waals surface area (Å²) in [4.78, 5) is 8.12. The van der Waals surface area contributed by atoms with Gasteiger partial charge in [0.2, 0.25) is 0 Å². The van der Waals surface area contributed by atoms with Crippen LogP contribution in [0, 0.1) is 12.7 Å². The van der Waals surface area contributed by atoms with Crippen molar-refractivity contribution in [3.8, 4) is 11.4 Å². The summed E-state index contributed by atoms with van der Waals surface area (Å²) < 4.78 is 13.0. The van der Waals surface area contributed by atoms with E-state index in [-0.39, 0.29) is 5.82 Å². The highest BCUT2D eigenvalue weighted by Gasteiger charge is 2.03. The molecule has 0 unspecified atom stereocenters. The first kappa shape index (κ1) is 9.58. The molecular formula is C11H10FN3. The van der Waals surface area contributed by atoms with E-state index in [1.165, 1.54) is 18.5 Å². The molecule has 0 radical (unpaired) electrons. The number of aromatic nitrogens is 2. The molecule has 0 fully saturated rings. The third-order valence-electron chi connectivity index (χ3n) is 2.09. The molecule has 0 saturated carbocycles. The second kappa shape index (κ2) is 3.65. The molecule has 1 aromatic carbocycles. The van der Waals surface area contributed by atoms with Crippen LogP contribution in [0.1, 0.15) is 5.56 Å². The molecule has 0 atom stereocenters. The highest BCUT2D eigenvalue weighted by Crippen LogP contribution is 2.18. The first-order valence-corrected chi connectivity index (χ1v) is 4.51. The van der Waals surface area contributed by atoms with Gasteiger partial charge in [-0.25, -0.2) is 14.4 Å². The molecule has 0 spiro atoms. The predicted molar refractivity (Wildman–Crippen MR) is 56.6 cm³/mol. The van der Waals surface area contributed by atoms with E-state index in [9.17, 15) is 4.39 Å². The number of aryl methyl sites for hydroxylation is 1. The van der Waals surface area contributed by atoms with E-state index in [2.05, 4.69) is 9.97 Å². The molecule has 1 heterocycles. The minimum Gasteiger partial charge on any atom is -0.396 e. The highest BCUT2D eigenvalue weighted by atomic mass is 19.1. The molecule has 4 heteroatoms. The van der Waals surface area contributed by atoms with Crippen LogP contribution in [0.5, 0.6) is 0 Å². The van der Waals surface area contributed by atoms with Crippen molar-refractivity contribution in [1.82, 2.24) is 9.97 Å². The Hall–Kier alpha value is -1.97. The van der Waals surface area contributed by atoms with Crippen molar-refractivity contribution in [3.63, 3.8) is 0 Å². The average Bonchev–Trinajstić information content (AvgIpc) is 2.23. The van der Waals surface area contributed by atoms with Crippen LogP contribution in [-0.4, -0.2) is 9.97 Å². The zero-order valence-electron chi connectivity index (χ0n) is 8.24. The maximum atomic E-state index is 13.0. The molecule has 0 saturated heterocycles. The van der Waals surface area contributed by atoms with Crippen LogP contribution in [-0.2, 0) is 0 Å². The van der Waals surface area contributed by atoms with Gasteiger partial charge in [-0.05, 0) is 30.7 Å². The fourth-order valence-corrected chi connectivity index (χ4v) is 1.27. The first-order valence-electron chi connectivity index (χ1n) is 4.51. The number of nitrogen functional groups attached to an aromatic ring is 1. The second-order valence-electron chi connectivity index (χ2n) is 3.30. The van der Waals surface area contributed by atoms with E-state index in [4.69, 9.17) is 5.73 Å². The van der Waals surface area contributed by atoms with Crippen LogP contribution in [0.25, 0.3) is 11.4 Å². The number of nitrogens with two attached hydrogens (primary N) is 1. The SMILES string of the molecule is Cc1cc(-c2ncc(N)cn2)ccc1F. The molecular weight excluding hydrogens is 193 g/mol. The van der Waals surface area contributed by atoms with Gasteiger partial charge >= 0.3 is 0 Å². The lowest BCUT2D eigenvalue weighted by Gasteiger charge is -2.02. The number of rotatable bonds is 1. The van der Waals surface area contributed by atoms with E-state index in [1.54, 1.807) is 19.1 Å². The summed E-state index contributed by atoms with van der Waals surface area (Å²) in [7, 11) is 0. The third-order valence-corrected chi connectivity index (χ3v) is 2.09. The van der Waals surface area contributed by atoms with Gasteiger partial charge in [-0.1, -0.05) is 0 Å². The van der Waals surface area contributed by atoms with Gasteiger partial charge in [0.25, 0.3) is 0 Å². The predicted octanol–water partition coefficient (Wildman–Crippen LogP) is 2.17. The van der Waals surface area contributed by atoms with Crippen molar-refractivity contribution in [2.75, 3.05) is 5.73 Å². The van der Waals surface area contributed by atoms with Crippen molar-refractivity contribution >= 4 is 5.69 Å². The smallest absolute Gasteiger partial charge is 0.159 e. The van der Waals surface area contributed by atoms with Crippen molar-refractivity contribution in [1.29, 1.82) is 0 Å². The molecule has 3 nitrogen and oxygen atoms in total. The summed E-state index contributed by atoms with van der Waals surface area (Å²) in [6.45, 7) is 1.70. The summed E-state index contributed by atoms with van der Waals surface area (Å²) >= 11 is 0. The van der Waals surface area contributed by atoms with Crippen LogP contribution in [0.2, 0.25) is 0 Å². The van der Waals surface area contributed by atoms with E-state index >= 15 is 0 Å². The molecule has 2 rings (SSSR count). The Bertz CT molecular complexity index is 480. The van der Waals surface area contributed by atoms with Crippen molar-refractivity contribution in [2.24, 2.45) is 0 Å². The lowest BCUT2D eigenvalue weighted by atomic mass is 10.1. The molecule has 0 aliphatic carbocycles. The zero-order valence-corrected chi connectivity index (χ0v) is 8.24. The monoisotopic (exact) mass is 203 g/mol. The van der Waals surface area contributed by atoms with Gasteiger partial charge < -0.3 is 5.73 Å². The van der Waals surface area contributed by atoms with Gasteiger partial charge in [-0.15, -0.1) is 0 Å². The van der Waals surface area contributed by atoms with Gasteiger partial charge in [0.15, 0.2) is 5.82 Å². The van der Waals surface area contributed by atoms with E-state index in [0.29, 0.717) is 17.1 Å². The summed E-state index contributed by atoms with van der Waals surface area (Å²) in [5, 5.41) is 0. The van der Waals surface area contributed by atoms with Gasteiger partial charge in [-0.2, -0.15) is 0 Å². The maximum Gasteiger partial charge on any atom is 0.159 e. The highest BCUT2D eigenvalue weighted by molar-refractivity contribution is 5.56. The van der Waals surface area contributed by atoms with Crippen LogP contribution in [0.3, 0.4) is 0 Å². The Morgan fingerprint density at radius 3 is 2.47 bits per heavy atom. The lowest BCUT2D eigenvalue weighted by Crippen LogP contribution is -1.93. The van der Waals surface area contributed by atoms with Crippen molar-refractivity contribution in [3.05, 3.63) is 42.0 Å². The number of hydrogen-bond donors (Lipinski definition) is 1. The quantitative estimate of drug-likeness (QED) is 0.772. The number of anilines is 1. The van der Waals surface area contributed by atoms with Crippen LogP contribution in [0.15, 0.2) is 30.6 Å². The largest absolute Gasteiger partial charge is 0.396 e. The van der Waals surface area contributed by atoms with Gasteiger partial charge in [0.05, 0.1) is 18.1 Å². The fourth-order valence-electron chi connectivity index (χ4n) is 1.27. The Morgan fingerprint density at radius 1 is 1.20 bits per heavy atom. The molecule has 0 aliphatic rings. The normalized spacial score (nSPS) is 10.3. The number of nitrogens with zero attached hydrogens (tertiary/aromatic N) is 2. The minimum absolute atomic E-state index is 0.228. The number of hydrogen-bond acceptors (Lipinski definition) is 3. The molecule has 2 aromatic rings. The van der Waals surface area contributed by atoms with E-state index in [0.717, 1.165) is 5.56 Å². The minimum atomic E-state index is -0.228. The first-order chi connectivity index (χ1) is 7.16. The van der Waals surface area contributed by atoms with Gasteiger partial charge in [-0.3, -0.25) is 0 Å². The average molecular weight is 203 g/mol. The summed E-state index contributed by atoms with van der Waals surface area (Å²) in [6.07, 6.45) is 3.06. The van der Waals surface area contributed by atoms with Crippen LogP contribution in [0.4, 0.5) is 10.1 Å². The van der Waals surface area contributed by atoms with Crippen molar-refractivity contribution < 1.29 is 4.39 Å². The molecule has 0 bridgehead atoms. The third kappa shape index (κ3) is 1.93. The number of halogens is 1. The Balaban J connectivity index is 2.45. The summed E-state index contributed by atoms with van der Waals surface area (Å²) in [6, 6.07) is 4.76. The topological polar surface area (TPSA) is 51.8 Å². The fraction of sp³-hybridized carbons (Fsp3) is 0.0909. The standard InChI is InChI=1S/C11H10FN3/c1-7-4-8(2-3-10(7)12)11-14-5-9(13)6-15-11/h2-6H,13H2,1H3. The van der Waals surface area contributed by atoms with Crippen LogP contribution >= 0.6 is 0 Å². The Kier molecular flexibility index (Phi) is 2.33. The van der Waals surface area contributed by atoms with E-state index in [1.807, 2.05) is 0 Å². The Labute approximate surface area is 86.8 Å². The molecule has 15 heavy (non-hydrogen) atoms. The van der Waals surface area contributed by atoms with Crippen molar-refractivity contribution in [2.45, 2.75) is 6.92 Å². The van der Waals surface area contributed by atoms with Crippen LogP contribution < -0.4 is 5.73 Å². The van der Waals surface area contributed by atoms with Gasteiger partial charge in [0, 0.05) is 5.56 Å². The maximum absolute atomic E-state index is 13.0. The van der Waals surface area contributed by atoms with Gasteiger partial charge in [0.1, 0.15) is 5.82 Å². The molecule has 1 aromatic heterocycles. The summed E-state index contributed by atoms with van der Waals surface area (Å²) in [5.74, 6) is 0.321. The molecule has 0 amide bonds. The number of benzene rings is 1. The molecule has 76 valence electrons. The Morgan fingerprint density at radius 2 is 1.87 bits per heavy atom. The lowest BCUT2D eigenvalue weighted by molar-refractivity contribution is 0.618. The summed E-state index contributed by atoms with van der Waals surface area (Å²) in [5.41, 5.74) is 7.35.